The Morgan fingerprint density at radius 2 is 1.78 bits per heavy atom. The van der Waals surface area contributed by atoms with Crippen molar-refractivity contribution < 1.29 is 19.8 Å². The average Bonchev–Trinajstić information content (AvgIpc) is 3.28. The van der Waals surface area contributed by atoms with Gasteiger partial charge in [-0.1, -0.05) is 66.7 Å². The molecule has 4 rings (SSSR count). The number of nitrogens with one attached hydrogen (secondary N) is 1. The first-order valence-electron chi connectivity index (χ1n) is 13.4. The Morgan fingerprint density at radius 1 is 1.11 bits per heavy atom. The molecule has 0 radical (unpaired) electrons. The standard InChI is InChI=1S/C30H41N3O4/c1-22(35)28-27(21-34)37-33(29(28)30(36)31-17-23-9-5-3-6-10-23)20-26-15-13-25(14-16-26)19-32(2)18-24-11-7-4-8-12-24/h4-5,7-9,11-16,22-23,27-29,34-35H,3,6,10,17-21H2,1-2H3,(H,31,36)/t22-,23?,27-,28+,29-/m0/s1. The molecule has 3 N–H and O–H groups in total. The lowest BCUT2D eigenvalue weighted by Gasteiger charge is -2.27. The van der Waals surface area contributed by atoms with E-state index in [0.717, 1.165) is 37.9 Å². The van der Waals surface area contributed by atoms with Gasteiger partial charge in [0.15, 0.2) is 0 Å². The highest BCUT2D eigenvalue weighted by molar-refractivity contribution is 5.82. The second-order valence-electron chi connectivity index (χ2n) is 10.5. The number of amides is 1. The molecule has 0 bridgehead atoms. The number of benzene rings is 2. The molecule has 0 saturated carbocycles. The van der Waals surface area contributed by atoms with Crippen LogP contribution < -0.4 is 5.32 Å². The number of carbonyl (C=O) groups excluding carboxylic acids is 1. The number of carbonyl (C=O) groups is 1. The highest BCUT2D eigenvalue weighted by Crippen LogP contribution is 2.32. The first kappa shape index (κ1) is 27.5. The van der Waals surface area contributed by atoms with Crippen molar-refractivity contribution >= 4 is 5.91 Å². The molecule has 200 valence electrons. The van der Waals surface area contributed by atoms with Crippen LogP contribution in [0, 0.1) is 11.8 Å². The van der Waals surface area contributed by atoms with E-state index < -0.39 is 24.2 Å². The molecule has 1 aliphatic carbocycles. The zero-order valence-electron chi connectivity index (χ0n) is 22.0. The molecule has 7 nitrogen and oxygen atoms in total. The van der Waals surface area contributed by atoms with Gasteiger partial charge in [0, 0.05) is 25.6 Å². The van der Waals surface area contributed by atoms with Gasteiger partial charge >= 0.3 is 0 Å². The topological polar surface area (TPSA) is 85.3 Å². The Hall–Kier alpha value is -2.55. The normalized spacial score (nSPS) is 24.9. The summed E-state index contributed by atoms with van der Waals surface area (Å²) in [5, 5.41) is 25.1. The monoisotopic (exact) mass is 507 g/mol. The van der Waals surface area contributed by atoms with Crippen LogP contribution >= 0.6 is 0 Å². The number of nitrogens with zero attached hydrogens (tertiary/aromatic N) is 2. The van der Waals surface area contributed by atoms with Gasteiger partial charge in [0.05, 0.1) is 19.3 Å². The average molecular weight is 508 g/mol. The molecule has 1 saturated heterocycles. The summed E-state index contributed by atoms with van der Waals surface area (Å²) >= 11 is 0. The maximum absolute atomic E-state index is 13.3. The highest BCUT2D eigenvalue weighted by atomic mass is 16.7. The third kappa shape index (κ3) is 7.49. The molecule has 37 heavy (non-hydrogen) atoms. The van der Waals surface area contributed by atoms with Crippen LogP contribution in [0.2, 0.25) is 0 Å². The molecule has 2 aliphatic rings. The van der Waals surface area contributed by atoms with Crippen molar-refractivity contribution in [1.29, 1.82) is 0 Å². The summed E-state index contributed by atoms with van der Waals surface area (Å²) in [6.45, 7) is 4.06. The fourth-order valence-corrected chi connectivity index (χ4v) is 5.46. The molecule has 1 unspecified atom stereocenters. The van der Waals surface area contributed by atoms with Crippen molar-refractivity contribution in [2.24, 2.45) is 11.8 Å². The second kappa shape index (κ2) is 13.3. The SMILES string of the molecule is C[C@H](O)[C@@H]1[C@H](CO)ON(Cc2ccc(CN(C)Cc3ccccc3)cc2)[C@@H]1C(=O)NCC1C=CCCC1. The van der Waals surface area contributed by atoms with Gasteiger partial charge < -0.3 is 15.5 Å². The number of aliphatic hydroxyl groups excluding tert-OH is 2. The van der Waals surface area contributed by atoms with Crippen LogP contribution in [0.1, 0.15) is 42.9 Å². The quantitative estimate of drug-likeness (QED) is 0.405. The number of aliphatic hydroxyl groups is 2. The number of hydrogen-bond acceptors (Lipinski definition) is 6. The molecule has 2 aromatic rings. The summed E-state index contributed by atoms with van der Waals surface area (Å²) < 4.78 is 0. The lowest BCUT2D eigenvalue weighted by molar-refractivity contribution is -0.181. The summed E-state index contributed by atoms with van der Waals surface area (Å²) in [5.74, 6) is -0.350. The molecule has 2 aromatic carbocycles. The van der Waals surface area contributed by atoms with E-state index in [1.165, 1.54) is 11.1 Å². The van der Waals surface area contributed by atoms with E-state index in [-0.39, 0.29) is 12.5 Å². The van der Waals surface area contributed by atoms with Crippen LogP contribution in [0.5, 0.6) is 0 Å². The molecular formula is C30H41N3O4. The Balaban J connectivity index is 1.39. The summed E-state index contributed by atoms with van der Waals surface area (Å²) in [4.78, 5) is 21.6. The van der Waals surface area contributed by atoms with Crippen LogP contribution in [0.15, 0.2) is 66.7 Å². The van der Waals surface area contributed by atoms with E-state index in [0.29, 0.717) is 19.0 Å². The van der Waals surface area contributed by atoms with Gasteiger partial charge in [-0.15, -0.1) is 0 Å². The third-order valence-corrected chi connectivity index (χ3v) is 7.38. The predicted octanol–water partition coefficient (Wildman–Crippen LogP) is 3.26. The summed E-state index contributed by atoms with van der Waals surface area (Å²) in [6.07, 6.45) is 6.22. The molecule has 1 heterocycles. The third-order valence-electron chi connectivity index (χ3n) is 7.38. The van der Waals surface area contributed by atoms with Crippen LogP contribution in [0.3, 0.4) is 0 Å². The molecule has 1 aliphatic heterocycles. The fraction of sp³-hybridized carbons (Fsp3) is 0.500. The summed E-state index contributed by atoms with van der Waals surface area (Å²) in [7, 11) is 2.11. The maximum atomic E-state index is 13.3. The van der Waals surface area contributed by atoms with Gasteiger partial charge in [0.1, 0.15) is 12.1 Å². The van der Waals surface area contributed by atoms with Crippen LogP contribution in [0.4, 0.5) is 0 Å². The highest BCUT2D eigenvalue weighted by Gasteiger charge is 2.49. The summed E-state index contributed by atoms with van der Waals surface area (Å²) in [5.41, 5.74) is 3.49. The number of hydrogen-bond donors (Lipinski definition) is 3. The van der Waals surface area contributed by atoms with Gasteiger partial charge in [-0.25, -0.2) is 0 Å². The molecule has 1 fully saturated rings. The van der Waals surface area contributed by atoms with Crippen molar-refractivity contribution in [3.63, 3.8) is 0 Å². The predicted molar refractivity (Wildman–Crippen MR) is 144 cm³/mol. The van der Waals surface area contributed by atoms with Crippen molar-refractivity contribution in [1.82, 2.24) is 15.3 Å². The van der Waals surface area contributed by atoms with E-state index in [9.17, 15) is 15.0 Å². The maximum Gasteiger partial charge on any atom is 0.240 e. The fourth-order valence-electron chi connectivity index (χ4n) is 5.46. The Bertz CT molecular complexity index is 1010. The van der Waals surface area contributed by atoms with Crippen molar-refractivity contribution in [3.05, 3.63) is 83.4 Å². The zero-order valence-corrected chi connectivity index (χ0v) is 22.0. The smallest absolute Gasteiger partial charge is 0.240 e. The molecule has 5 atom stereocenters. The van der Waals surface area contributed by atoms with Gasteiger partial charge in [0.25, 0.3) is 0 Å². The minimum Gasteiger partial charge on any atom is -0.394 e. The number of allylic oxidation sites excluding steroid dienone is 1. The Kier molecular flexibility index (Phi) is 9.88. The lowest BCUT2D eigenvalue weighted by atomic mass is 9.89. The van der Waals surface area contributed by atoms with Crippen molar-refractivity contribution in [2.75, 3.05) is 20.2 Å². The van der Waals surface area contributed by atoms with E-state index in [1.807, 2.05) is 6.07 Å². The largest absolute Gasteiger partial charge is 0.394 e. The Morgan fingerprint density at radius 3 is 2.41 bits per heavy atom. The van der Waals surface area contributed by atoms with Crippen LogP contribution in [-0.4, -0.2) is 64.5 Å². The molecule has 0 aromatic heterocycles. The van der Waals surface area contributed by atoms with E-state index in [4.69, 9.17) is 4.84 Å². The first-order chi connectivity index (χ1) is 17.9. The van der Waals surface area contributed by atoms with Crippen molar-refractivity contribution in [2.45, 2.75) is 64.1 Å². The minimum atomic E-state index is -0.796. The molecule has 1 amide bonds. The summed E-state index contributed by atoms with van der Waals surface area (Å²) in [6, 6.07) is 18.1. The zero-order chi connectivity index (χ0) is 26.2. The molecule has 7 heteroatoms. The number of rotatable bonds is 11. The van der Waals surface area contributed by atoms with E-state index in [2.05, 4.69) is 77.9 Å². The second-order valence-corrected chi connectivity index (χ2v) is 10.5. The van der Waals surface area contributed by atoms with E-state index >= 15 is 0 Å². The molecular weight excluding hydrogens is 466 g/mol. The van der Waals surface area contributed by atoms with E-state index in [1.54, 1.807) is 12.0 Å². The van der Waals surface area contributed by atoms with Gasteiger partial charge in [-0.05, 0) is 55.8 Å². The molecule has 0 spiro atoms. The van der Waals surface area contributed by atoms with Crippen molar-refractivity contribution in [3.8, 4) is 0 Å². The van der Waals surface area contributed by atoms with Crippen LogP contribution in [0.25, 0.3) is 0 Å². The van der Waals surface area contributed by atoms with Crippen LogP contribution in [-0.2, 0) is 29.3 Å². The first-order valence-corrected chi connectivity index (χ1v) is 13.4. The van der Waals surface area contributed by atoms with Gasteiger partial charge in [-0.3, -0.25) is 14.5 Å². The van der Waals surface area contributed by atoms with Gasteiger partial charge in [0.2, 0.25) is 5.91 Å². The van der Waals surface area contributed by atoms with Gasteiger partial charge in [-0.2, -0.15) is 5.06 Å². The number of hydroxylamine groups is 2. The Labute approximate surface area is 220 Å². The minimum absolute atomic E-state index is 0.167. The lowest BCUT2D eigenvalue weighted by Crippen LogP contribution is -2.49.